The second kappa shape index (κ2) is 6.92. The molecule has 5 nitrogen and oxygen atoms in total. The first kappa shape index (κ1) is 16.2. The van der Waals surface area contributed by atoms with Crippen molar-refractivity contribution in [1.29, 1.82) is 0 Å². The maximum absolute atomic E-state index is 13.2. The van der Waals surface area contributed by atoms with E-state index in [1.807, 2.05) is 12.1 Å². The molecule has 0 radical (unpaired) electrons. The zero-order valence-electron chi connectivity index (χ0n) is 14.0. The van der Waals surface area contributed by atoms with Crippen LogP contribution in [0.25, 0.3) is 0 Å². The highest BCUT2D eigenvalue weighted by atomic mass is 19.1. The number of rotatable bonds is 3. The summed E-state index contributed by atoms with van der Waals surface area (Å²) < 4.78 is 13.2. The molecule has 1 aliphatic rings. The Morgan fingerprint density at radius 2 is 1.96 bits per heavy atom. The highest BCUT2D eigenvalue weighted by Gasteiger charge is 2.19. The van der Waals surface area contributed by atoms with Crippen LogP contribution < -0.4 is 10.2 Å². The third-order valence-electron chi connectivity index (χ3n) is 4.34. The minimum absolute atomic E-state index is 0.184. The van der Waals surface area contributed by atoms with Gasteiger partial charge in [-0.2, -0.15) is 0 Å². The zero-order valence-corrected chi connectivity index (χ0v) is 14.0. The number of carbonyl (C=O) groups excluding carboxylic acids is 1. The van der Waals surface area contributed by atoms with Crippen molar-refractivity contribution in [2.75, 3.05) is 16.8 Å². The molecule has 26 heavy (non-hydrogen) atoms. The summed E-state index contributed by atoms with van der Waals surface area (Å²) in [6, 6.07) is 14.0. The Labute approximate surface area is 150 Å². The topological polar surface area (TPSA) is 58.1 Å². The first-order chi connectivity index (χ1) is 12.7. The lowest BCUT2D eigenvalue weighted by Gasteiger charge is -2.30. The molecular weight excluding hydrogens is 331 g/mol. The lowest BCUT2D eigenvalue weighted by molar-refractivity contribution is 0.102. The SMILES string of the molecule is O=C(Nc1cccc(F)c1)c1cnc(N2CCCc3ccccc32)cn1. The molecule has 1 aromatic heterocycles. The molecule has 1 amide bonds. The summed E-state index contributed by atoms with van der Waals surface area (Å²) in [6.07, 6.45) is 5.14. The molecule has 0 saturated carbocycles. The van der Waals surface area contributed by atoms with Crippen LogP contribution in [0, 0.1) is 5.82 Å². The number of anilines is 3. The van der Waals surface area contributed by atoms with Crippen molar-refractivity contribution in [1.82, 2.24) is 9.97 Å². The minimum Gasteiger partial charge on any atom is -0.325 e. The van der Waals surface area contributed by atoms with Crippen molar-refractivity contribution in [2.45, 2.75) is 12.8 Å². The van der Waals surface area contributed by atoms with Crippen LogP contribution in [0.5, 0.6) is 0 Å². The van der Waals surface area contributed by atoms with E-state index in [0.717, 1.165) is 25.1 Å². The van der Waals surface area contributed by atoms with Gasteiger partial charge in [0.1, 0.15) is 11.5 Å². The predicted molar refractivity (Wildman–Crippen MR) is 98.2 cm³/mol. The van der Waals surface area contributed by atoms with E-state index in [1.54, 1.807) is 12.3 Å². The average molecular weight is 348 g/mol. The van der Waals surface area contributed by atoms with E-state index in [9.17, 15) is 9.18 Å². The zero-order chi connectivity index (χ0) is 17.9. The van der Waals surface area contributed by atoms with Crippen LogP contribution in [0.4, 0.5) is 21.6 Å². The van der Waals surface area contributed by atoms with Crippen molar-refractivity contribution >= 4 is 23.1 Å². The minimum atomic E-state index is -0.423. The maximum atomic E-state index is 13.2. The van der Waals surface area contributed by atoms with Crippen molar-refractivity contribution in [3.63, 3.8) is 0 Å². The van der Waals surface area contributed by atoms with Crippen LogP contribution in [-0.4, -0.2) is 22.4 Å². The quantitative estimate of drug-likeness (QED) is 0.779. The highest BCUT2D eigenvalue weighted by Crippen LogP contribution is 2.31. The van der Waals surface area contributed by atoms with Crippen LogP contribution in [0.2, 0.25) is 0 Å². The number of aryl methyl sites for hydroxylation is 1. The van der Waals surface area contributed by atoms with E-state index in [1.165, 1.54) is 30.0 Å². The van der Waals surface area contributed by atoms with Gasteiger partial charge in [0.25, 0.3) is 5.91 Å². The molecule has 0 spiro atoms. The first-order valence-electron chi connectivity index (χ1n) is 8.45. The summed E-state index contributed by atoms with van der Waals surface area (Å²) in [7, 11) is 0. The van der Waals surface area contributed by atoms with Crippen molar-refractivity contribution in [2.24, 2.45) is 0 Å². The van der Waals surface area contributed by atoms with Crippen LogP contribution in [0.1, 0.15) is 22.5 Å². The molecule has 6 heteroatoms. The van der Waals surface area contributed by atoms with Gasteiger partial charge in [0.15, 0.2) is 5.82 Å². The van der Waals surface area contributed by atoms with Crippen molar-refractivity contribution < 1.29 is 9.18 Å². The summed E-state index contributed by atoms with van der Waals surface area (Å²) in [4.78, 5) is 23.0. The Morgan fingerprint density at radius 3 is 2.77 bits per heavy atom. The van der Waals surface area contributed by atoms with Gasteiger partial charge in [-0.05, 0) is 42.7 Å². The molecule has 0 fully saturated rings. The fourth-order valence-electron chi connectivity index (χ4n) is 3.11. The Morgan fingerprint density at radius 1 is 1.08 bits per heavy atom. The Kier molecular flexibility index (Phi) is 4.31. The largest absolute Gasteiger partial charge is 0.325 e. The molecule has 0 unspecified atom stereocenters. The summed E-state index contributed by atoms with van der Waals surface area (Å²) in [5, 5.41) is 2.62. The van der Waals surface area contributed by atoms with Gasteiger partial charge in [0.05, 0.1) is 12.4 Å². The van der Waals surface area contributed by atoms with Crippen LogP contribution in [0.3, 0.4) is 0 Å². The Balaban J connectivity index is 1.53. The van der Waals surface area contributed by atoms with Crippen molar-refractivity contribution in [3.05, 3.63) is 78.0 Å². The van der Waals surface area contributed by atoms with Crippen LogP contribution >= 0.6 is 0 Å². The van der Waals surface area contributed by atoms with Crippen LogP contribution in [-0.2, 0) is 6.42 Å². The number of hydrogen-bond acceptors (Lipinski definition) is 4. The van der Waals surface area contributed by atoms with Crippen LogP contribution in [0.15, 0.2) is 60.9 Å². The van der Waals surface area contributed by atoms with E-state index >= 15 is 0 Å². The Bertz CT molecular complexity index is 943. The fraction of sp³-hybridized carbons (Fsp3) is 0.150. The van der Waals surface area contributed by atoms with Gasteiger partial charge in [-0.15, -0.1) is 0 Å². The second-order valence-corrected chi connectivity index (χ2v) is 6.11. The third kappa shape index (κ3) is 3.26. The number of halogens is 1. The first-order valence-corrected chi connectivity index (χ1v) is 8.45. The van der Waals surface area contributed by atoms with E-state index < -0.39 is 11.7 Å². The lowest BCUT2D eigenvalue weighted by Crippen LogP contribution is -2.25. The van der Waals surface area contributed by atoms with Crippen molar-refractivity contribution in [3.8, 4) is 0 Å². The molecule has 2 heterocycles. The molecular formula is C20H17FN4O. The molecule has 3 aromatic rings. The van der Waals surface area contributed by atoms with E-state index in [4.69, 9.17) is 0 Å². The molecule has 2 aromatic carbocycles. The van der Waals surface area contributed by atoms with E-state index in [2.05, 4.69) is 32.3 Å². The summed E-state index contributed by atoms with van der Waals surface area (Å²) in [5.74, 6) is -0.124. The van der Waals surface area contributed by atoms with Gasteiger partial charge in [-0.3, -0.25) is 4.79 Å². The molecule has 0 atom stereocenters. The van der Waals surface area contributed by atoms with Gasteiger partial charge >= 0.3 is 0 Å². The lowest BCUT2D eigenvalue weighted by atomic mass is 10.0. The Hall–Kier alpha value is -3.28. The third-order valence-corrected chi connectivity index (χ3v) is 4.34. The number of aromatic nitrogens is 2. The van der Waals surface area contributed by atoms with Gasteiger partial charge in [0.2, 0.25) is 0 Å². The second-order valence-electron chi connectivity index (χ2n) is 6.11. The summed E-state index contributed by atoms with van der Waals surface area (Å²) >= 11 is 0. The standard InChI is InChI=1S/C20H17FN4O/c21-15-7-3-8-16(11-15)24-20(26)17-12-23-19(13-22-17)25-10-4-6-14-5-1-2-9-18(14)25/h1-3,5,7-9,11-13H,4,6,10H2,(H,24,26). The molecule has 1 aliphatic heterocycles. The van der Waals surface area contributed by atoms with Gasteiger partial charge in [-0.25, -0.2) is 14.4 Å². The maximum Gasteiger partial charge on any atom is 0.275 e. The molecule has 4 rings (SSSR count). The summed E-state index contributed by atoms with van der Waals surface area (Å²) in [6.45, 7) is 0.862. The molecule has 0 bridgehead atoms. The van der Waals surface area contributed by atoms with Gasteiger partial charge in [-0.1, -0.05) is 24.3 Å². The number of amides is 1. The normalized spacial score (nSPS) is 13.2. The monoisotopic (exact) mass is 348 g/mol. The smallest absolute Gasteiger partial charge is 0.275 e. The molecule has 130 valence electrons. The molecule has 1 N–H and O–H groups in total. The number of hydrogen-bond donors (Lipinski definition) is 1. The van der Waals surface area contributed by atoms with Gasteiger partial charge < -0.3 is 10.2 Å². The highest BCUT2D eigenvalue weighted by molar-refractivity contribution is 6.02. The van der Waals surface area contributed by atoms with E-state index in [-0.39, 0.29) is 5.69 Å². The molecule has 0 saturated heterocycles. The number of carbonyl (C=O) groups is 1. The molecule has 0 aliphatic carbocycles. The van der Waals surface area contributed by atoms with Gasteiger partial charge in [0, 0.05) is 17.9 Å². The fourth-order valence-corrected chi connectivity index (χ4v) is 3.11. The van der Waals surface area contributed by atoms with E-state index in [0.29, 0.717) is 11.5 Å². The predicted octanol–water partition coefficient (Wildman–Crippen LogP) is 3.95. The number of fused-ring (bicyclic) bond motifs is 1. The number of benzene rings is 2. The number of nitrogens with one attached hydrogen (secondary N) is 1. The summed E-state index contributed by atoms with van der Waals surface area (Å²) in [5.41, 5.74) is 2.98. The number of nitrogens with zero attached hydrogens (tertiary/aromatic N) is 3. The number of para-hydroxylation sites is 1. The average Bonchev–Trinajstić information content (AvgIpc) is 2.68.